The van der Waals surface area contributed by atoms with E-state index in [1.165, 1.54) is 19.3 Å². The third-order valence-corrected chi connectivity index (χ3v) is 3.24. The van der Waals surface area contributed by atoms with Crippen LogP contribution in [0.3, 0.4) is 0 Å². The van der Waals surface area contributed by atoms with Gasteiger partial charge in [-0.05, 0) is 37.0 Å². The molecular weight excluding hydrogens is 214 g/mol. The Morgan fingerprint density at radius 1 is 1.41 bits per heavy atom. The molecule has 1 unspecified atom stereocenters. The minimum absolute atomic E-state index is 0.347. The highest BCUT2D eigenvalue weighted by atomic mass is 16.4. The number of nitrogens with one attached hydrogen (secondary N) is 1. The number of hydrogen-bond acceptors (Lipinski definition) is 2. The first-order chi connectivity index (χ1) is 8.15. The predicted octanol–water partition coefficient (Wildman–Crippen LogP) is 2.66. The zero-order chi connectivity index (χ0) is 12.3. The summed E-state index contributed by atoms with van der Waals surface area (Å²) in [6.07, 6.45) is 4.03. The van der Waals surface area contributed by atoms with Crippen LogP contribution in [-0.4, -0.2) is 17.1 Å². The minimum atomic E-state index is -0.869. The molecule has 17 heavy (non-hydrogen) atoms. The van der Waals surface area contributed by atoms with Crippen LogP contribution in [0.2, 0.25) is 0 Å². The second-order valence-corrected chi connectivity index (χ2v) is 4.96. The van der Waals surface area contributed by atoms with Crippen LogP contribution in [0, 0.1) is 5.92 Å². The standard InChI is InChI=1S/C14H19NO2/c1-10(8-11-2-3-11)15-9-12-4-6-13(7-5-12)14(16)17/h4-7,10-11,15H,2-3,8-9H2,1H3,(H,16,17). The summed E-state index contributed by atoms with van der Waals surface area (Å²) >= 11 is 0. The second kappa shape index (κ2) is 5.32. The molecule has 0 radical (unpaired) electrons. The van der Waals surface area contributed by atoms with E-state index >= 15 is 0 Å². The third kappa shape index (κ3) is 3.86. The Morgan fingerprint density at radius 2 is 2.06 bits per heavy atom. The monoisotopic (exact) mass is 233 g/mol. The summed E-state index contributed by atoms with van der Waals surface area (Å²) in [6, 6.07) is 7.61. The molecule has 2 rings (SSSR count). The molecule has 0 bridgehead atoms. The van der Waals surface area contributed by atoms with Crippen molar-refractivity contribution in [3.05, 3.63) is 35.4 Å². The summed E-state index contributed by atoms with van der Waals surface area (Å²) in [5, 5.41) is 12.3. The lowest BCUT2D eigenvalue weighted by Gasteiger charge is -2.13. The van der Waals surface area contributed by atoms with Gasteiger partial charge >= 0.3 is 5.97 Å². The normalized spacial score (nSPS) is 16.8. The highest BCUT2D eigenvalue weighted by Crippen LogP contribution is 2.33. The average Bonchev–Trinajstić information content (AvgIpc) is 3.11. The van der Waals surface area contributed by atoms with Crippen molar-refractivity contribution >= 4 is 5.97 Å². The van der Waals surface area contributed by atoms with Gasteiger partial charge in [-0.25, -0.2) is 4.79 Å². The quantitative estimate of drug-likeness (QED) is 0.794. The van der Waals surface area contributed by atoms with E-state index in [0.717, 1.165) is 18.0 Å². The van der Waals surface area contributed by atoms with Crippen molar-refractivity contribution in [2.45, 2.75) is 38.8 Å². The molecule has 0 spiro atoms. The molecule has 0 aromatic heterocycles. The largest absolute Gasteiger partial charge is 0.478 e. The van der Waals surface area contributed by atoms with Crippen LogP contribution in [0.25, 0.3) is 0 Å². The molecule has 1 atom stereocenters. The van der Waals surface area contributed by atoms with Crippen molar-refractivity contribution in [1.82, 2.24) is 5.32 Å². The van der Waals surface area contributed by atoms with Crippen molar-refractivity contribution in [3.63, 3.8) is 0 Å². The van der Waals surface area contributed by atoms with Crippen molar-refractivity contribution < 1.29 is 9.90 Å². The molecule has 1 fully saturated rings. The Kier molecular flexibility index (Phi) is 3.79. The summed E-state index contributed by atoms with van der Waals surface area (Å²) in [5.74, 6) is 0.0681. The Hall–Kier alpha value is -1.35. The highest BCUT2D eigenvalue weighted by Gasteiger charge is 2.23. The fraction of sp³-hybridized carbons (Fsp3) is 0.500. The molecule has 0 heterocycles. The molecule has 1 saturated carbocycles. The van der Waals surface area contributed by atoms with Crippen LogP contribution in [0.4, 0.5) is 0 Å². The highest BCUT2D eigenvalue weighted by molar-refractivity contribution is 5.87. The molecule has 1 aliphatic rings. The Labute approximate surface area is 102 Å². The zero-order valence-electron chi connectivity index (χ0n) is 10.1. The molecule has 1 aliphatic carbocycles. The number of carboxylic acids is 1. The van der Waals surface area contributed by atoms with Crippen LogP contribution >= 0.6 is 0 Å². The lowest BCUT2D eigenvalue weighted by atomic mass is 10.1. The molecule has 92 valence electrons. The molecule has 0 saturated heterocycles. The number of hydrogen-bond donors (Lipinski definition) is 2. The molecule has 3 nitrogen and oxygen atoms in total. The summed E-state index contributed by atoms with van der Waals surface area (Å²) in [7, 11) is 0. The number of aromatic carboxylic acids is 1. The lowest BCUT2D eigenvalue weighted by Crippen LogP contribution is -2.25. The Bertz CT molecular complexity index is 382. The maximum atomic E-state index is 10.7. The first-order valence-corrected chi connectivity index (χ1v) is 6.21. The van der Waals surface area contributed by atoms with Crippen molar-refractivity contribution in [2.75, 3.05) is 0 Å². The summed E-state index contributed by atoms with van der Waals surface area (Å²) in [5.41, 5.74) is 1.48. The van der Waals surface area contributed by atoms with E-state index in [2.05, 4.69) is 12.2 Å². The van der Waals surface area contributed by atoms with Crippen molar-refractivity contribution in [3.8, 4) is 0 Å². The predicted molar refractivity (Wildman–Crippen MR) is 67.0 cm³/mol. The van der Waals surface area contributed by atoms with E-state index in [0.29, 0.717) is 11.6 Å². The summed E-state index contributed by atoms with van der Waals surface area (Å²) < 4.78 is 0. The zero-order valence-corrected chi connectivity index (χ0v) is 10.1. The summed E-state index contributed by atoms with van der Waals surface area (Å²) in [4.78, 5) is 10.7. The molecule has 1 aromatic carbocycles. The molecule has 3 heteroatoms. The van der Waals surface area contributed by atoms with E-state index in [9.17, 15) is 4.79 Å². The van der Waals surface area contributed by atoms with E-state index < -0.39 is 5.97 Å². The molecule has 1 aromatic rings. The van der Waals surface area contributed by atoms with Gasteiger partial charge in [0.1, 0.15) is 0 Å². The second-order valence-electron chi connectivity index (χ2n) is 4.96. The van der Waals surface area contributed by atoms with Gasteiger partial charge < -0.3 is 10.4 Å². The Balaban J connectivity index is 1.79. The average molecular weight is 233 g/mol. The van der Waals surface area contributed by atoms with Gasteiger partial charge in [0, 0.05) is 12.6 Å². The SMILES string of the molecule is CC(CC1CC1)NCc1ccc(C(=O)O)cc1. The number of carbonyl (C=O) groups is 1. The van der Waals surface area contributed by atoms with E-state index in [1.807, 2.05) is 12.1 Å². The number of benzene rings is 1. The van der Waals surface area contributed by atoms with Gasteiger partial charge in [-0.2, -0.15) is 0 Å². The van der Waals surface area contributed by atoms with Gasteiger partial charge in [0.2, 0.25) is 0 Å². The van der Waals surface area contributed by atoms with Gasteiger partial charge in [-0.3, -0.25) is 0 Å². The molecule has 2 N–H and O–H groups in total. The van der Waals surface area contributed by atoms with Crippen molar-refractivity contribution in [2.24, 2.45) is 5.92 Å². The van der Waals surface area contributed by atoms with Crippen LogP contribution in [0.5, 0.6) is 0 Å². The fourth-order valence-electron chi connectivity index (χ4n) is 1.99. The third-order valence-electron chi connectivity index (χ3n) is 3.24. The van der Waals surface area contributed by atoms with Crippen LogP contribution < -0.4 is 5.32 Å². The van der Waals surface area contributed by atoms with Crippen molar-refractivity contribution in [1.29, 1.82) is 0 Å². The number of rotatable bonds is 6. The van der Waals surface area contributed by atoms with Crippen LogP contribution in [0.15, 0.2) is 24.3 Å². The van der Waals surface area contributed by atoms with Crippen LogP contribution in [-0.2, 0) is 6.54 Å². The fourth-order valence-corrected chi connectivity index (χ4v) is 1.99. The topological polar surface area (TPSA) is 49.3 Å². The summed E-state index contributed by atoms with van der Waals surface area (Å²) in [6.45, 7) is 3.03. The molecule has 0 amide bonds. The lowest BCUT2D eigenvalue weighted by molar-refractivity contribution is 0.0697. The first-order valence-electron chi connectivity index (χ1n) is 6.21. The number of carboxylic acid groups (broad SMARTS) is 1. The molecular formula is C14H19NO2. The minimum Gasteiger partial charge on any atom is -0.478 e. The van der Waals surface area contributed by atoms with E-state index in [1.54, 1.807) is 12.1 Å². The van der Waals surface area contributed by atoms with Gasteiger partial charge in [0.25, 0.3) is 0 Å². The molecule has 0 aliphatic heterocycles. The van der Waals surface area contributed by atoms with Gasteiger partial charge in [0.15, 0.2) is 0 Å². The van der Waals surface area contributed by atoms with Gasteiger partial charge in [0.05, 0.1) is 5.56 Å². The Morgan fingerprint density at radius 3 is 2.59 bits per heavy atom. The maximum absolute atomic E-state index is 10.7. The van der Waals surface area contributed by atoms with Gasteiger partial charge in [-0.15, -0.1) is 0 Å². The van der Waals surface area contributed by atoms with Crippen LogP contribution in [0.1, 0.15) is 42.1 Å². The first kappa shape index (κ1) is 12.1. The maximum Gasteiger partial charge on any atom is 0.335 e. The van der Waals surface area contributed by atoms with E-state index in [4.69, 9.17) is 5.11 Å². The van der Waals surface area contributed by atoms with Gasteiger partial charge in [-0.1, -0.05) is 25.0 Å². The smallest absolute Gasteiger partial charge is 0.335 e. The van der Waals surface area contributed by atoms with E-state index in [-0.39, 0.29) is 0 Å².